The van der Waals surface area contributed by atoms with Crippen LogP contribution in [0.25, 0.3) is 0 Å². The van der Waals surface area contributed by atoms with Crippen LogP contribution >= 0.6 is 11.6 Å². The number of hydrogen-bond donors (Lipinski definition) is 2. The van der Waals surface area contributed by atoms with E-state index in [-0.39, 0.29) is 5.69 Å². The molecule has 1 fully saturated rings. The largest absolute Gasteiger partial charge is 0.369 e. The molecule has 8 nitrogen and oxygen atoms in total. The summed E-state index contributed by atoms with van der Waals surface area (Å²) in [7, 11) is 0. The number of benzene rings is 1. The van der Waals surface area contributed by atoms with Crippen molar-refractivity contribution >= 4 is 23.2 Å². The van der Waals surface area contributed by atoms with Crippen LogP contribution in [0, 0.1) is 0 Å². The van der Waals surface area contributed by atoms with E-state index in [1.165, 1.54) is 0 Å². The standard InChI is InChI=1S/C22H32ClN7O/c1-2-24-21(26-18-10-14-28(16-18)19-8-5-7-17(23)15-19)25-11-6-13-30-22(31)29-12-4-3-9-20(29)27-30/h5,7-8,15,18H,2-4,6,9-14,16H2,1H3,(H2,24,25,26). The summed E-state index contributed by atoms with van der Waals surface area (Å²) in [6.45, 7) is 6.84. The molecule has 1 aromatic heterocycles. The summed E-state index contributed by atoms with van der Waals surface area (Å²) in [5.74, 6) is 1.76. The molecule has 2 aliphatic heterocycles. The third-order valence-corrected chi connectivity index (χ3v) is 6.11. The molecule has 2 N–H and O–H groups in total. The van der Waals surface area contributed by atoms with Crippen molar-refractivity contribution < 1.29 is 0 Å². The summed E-state index contributed by atoms with van der Waals surface area (Å²) in [4.78, 5) is 19.5. The van der Waals surface area contributed by atoms with Gasteiger partial charge in [0.2, 0.25) is 0 Å². The number of anilines is 1. The zero-order valence-electron chi connectivity index (χ0n) is 18.2. The van der Waals surface area contributed by atoms with Gasteiger partial charge in [0.05, 0.1) is 0 Å². The van der Waals surface area contributed by atoms with Crippen LogP contribution in [-0.2, 0) is 19.5 Å². The molecule has 1 atom stereocenters. The van der Waals surface area contributed by atoms with E-state index in [1.54, 1.807) is 4.68 Å². The second kappa shape index (κ2) is 10.2. The highest BCUT2D eigenvalue weighted by Crippen LogP contribution is 2.23. The van der Waals surface area contributed by atoms with Gasteiger partial charge < -0.3 is 15.5 Å². The van der Waals surface area contributed by atoms with E-state index in [0.29, 0.717) is 19.1 Å². The van der Waals surface area contributed by atoms with Gasteiger partial charge in [0.15, 0.2) is 5.96 Å². The Balaban J connectivity index is 1.29. The molecule has 2 aromatic rings. The van der Waals surface area contributed by atoms with Crippen molar-refractivity contribution in [2.45, 2.75) is 58.2 Å². The molecule has 0 bridgehead atoms. The highest BCUT2D eigenvalue weighted by molar-refractivity contribution is 6.30. The first kappa shape index (κ1) is 21.7. The molecule has 1 saturated heterocycles. The predicted molar refractivity (Wildman–Crippen MR) is 125 cm³/mol. The van der Waals surface area contributed by atoms with Crippen LogP contribution in [0.15, 0.2) is 34.1 Å². The third kappa shape index (κ3) is 5.42. The van der Waals surface area contributed by atoms with Crippen molar-refractivity contribution in [3.8, 4) is 0 Å². The van der Waals surface area contributed by atoms with E-state index in [1.807, 2.05) is 22.8 Å². The molecule has 0 aliphatic carbocycles. The second-order valence-corrected chi connectivity index (χ2v) is 8.64. The normalized spacial score (nSPS) is 18.8. The first-order valence-corrected chi connectivity index (χ1v) is 11.7. The number of rotatable bonds is 7. The molecule has 0 saturated carbocycles. The Bertz CT molecular complexity index is 967. The lowest BCUT2D eigenvalue weighted by molar-refractivity contribution is 0.509. The van der Waals surface area contributed by atoms with Crippen LogP contribution in [0.5, 0.6) is 0 Å². The fourth-order valence-corrected chi connectivity index (χ4v) is 4.49. The van der Waals surface area contributed by atoms with Crippen LogP contribution in [0.2, 0.25) is 5.02 Å². The fourth-order valence-electron chi connectivity index (χ4n) is 4.30. The average Bonchev–Trinajstić information content (AvgIpc) is 3.36. The van der Waals surface area contributed by atoms with E-state index in [9.17, 15) is 4.79 Å². The van der Waals surface area contributed by atoms with Gasteiger partial charge in [-0.25, -0.2) is 9.48 Å². The maximum Gasteiger partial charge on any atom is 0.345 e. The van der Waals surface area contributed by atoms with Gasteiger partial charge in [-0.2, -0.15) is 5.10 Å². The summed E-state index contributed by atoms with van der Waals surface area (Å²) >= 11 is 6.14. The minimum atomic E-state index is 0.0239. The first-order chi connectivity index (χ1) is 15.1. The topological polar surface area (TPSA) is 79.5 Å². The van der Waals surface area contributed by atoms with E-state index < -0.39 is 0 Å². The third-order valence-electron chi connectivity index (χ3n) is 5.88. The number of aryl methyl sites for hydroxylation is 2. The van der Waals surface area contributed by atoms with Gasteiger partial charge in [-0.1, -0.05) is 17.7 Å². The number of halogens is 1. The second-order valence-electron chi connectivity index (χ2n) is 8.20. The number of hydrogen-bond acceptors (Lipinski definition) is 4. The van der Waals surface area contributed by atoms with Crippen LogP contribution in [0.4, 0.5) is 5.69 Å². The number of aromatic nitrogens is 3. The minimum Gasteiger partial charge on any atom is -0.369 e. The lowest BCUT2D eigenvalue weighted by Crippen LogP contribution is -2.44. The van der Waals surface area contributed by atoms with Crippen molar-refractivity contribution in [1.29, 1.82) is 0 Å². The lowest BCUT2D eigenvalue weighted by atomic mass is 10.2. The molecule has 3 heterocycles. The van der Waals surface area contributed by atoms with Gasteiger partial charge in [-0.3, -0.25) is 9.56 Å². The molecule has 9 heteroatoms. The Labute approximate surface area is 188 Å². The Morgan fingerprint density at radius 2 is 2.23 bits per heavy atom. The number of nitrogens with one attached hydrogen (secondary N) is 2. The highest BCUT2D eigenvalue weighted by Gasteiger charge is 2.23. The predicted octanol–water partition coefficient (Wildman–Crippen LogP) is 2.26. The monoisotopic (exact) mass is 445 g/mol. The van der Waals surface area contributed by atoms with Crippen molar-refractivity contribution in [2.24, 2.45) is 4.99 Å². The Morgan fingerprint density at radius 1 is 1.32 bits per heavy atom. The molecular weight excluding hydrogens is 414 g/mol. The lowest BCUT2D eigenvalue weighted by Gasteiger charge is -2.20. The Hall–Kier alpha value is -2.48. The molecule has 168 valence electrons. The molecule has 0 spiro atoms. The van der Waals surface area contributed by atoms with Crippen LogP contribution < -0.4 is 21.2 Å². The summed E-state index contributed by atoms with van der Waals surface area (Å²) in [5.41, 5.74) is 1.18. The first-order valence-electron chi connectivity index (χ1n) is 11.4. The zero-order valence-corrected chi connectivity index (χ0v) is 18.9. The number of aliphatic imine (C=N–C) groups is 1. The van der Waals surface area contributed by atoms with Gasteiger partial charge in [-0.15, -0.1) is 0 Å². The fraction of sp³-hybridized carbons (Fsp3) is 0.591. The van der Waals surface area contributed by atoms with Crippen LogP contribution in [-0.4, -0.2) is 52.5 Å². The number of nitrogens with zero attached hydrogens (tertiary/aromatic N) is 5. The summed E-state index contributed by atoms with van der Waals surface area (Å²) in [5, 5.41) is 12.2. The van der Waals surface area contributed by atoms with Crippen molar-refractivity contribution in [1.82, 2.24) is 25.0 Å². The quantitative estimate of drug-likeness (QED) is 0.388. The molecule has 1 aromatic carbocycles. The van der Waals surface area contributed by atoms with Crippen molar-refractivity contribution in [3.05, 3.63) is 45.6 Å². The molecule has 2 aliphatic rings. The smallest absolute Gasteiger partial charge is 0.345 e. The van der Waals surface area contributed by atoms with Crippen molar-refractivity contribution in [2.75, 3.05) is 31.1 Å². The molecular formula is C22H32ClN7O. The minimum absolute atomic E-state index is 0.0239. The van der Waals surface area contributed by atoms with Crippen molar-refractivity contribution in [3.63, 3.8) is 0 Å². The van der Waals surface area contributed by atoms with E-state index in [4.69, 9.17) is 16.6 Å². The Morgan fingerprint density at radius 3 is 3.03 bits per heavy atom. The van der Waals surface area contributed by atoms with E-state index in [0.717, 1.165) is 80.8 Å². The van der Waals surface area contributed by atoms with Gasteiger partial charge in [0, 0.05) is 62.4 Å². The summed E-state index contributed by atoms with van der Waals surface area (Å²) < 4.78 is 3.43. The molecule has 4 rings (SSSR count). The van der Waals surface area contributed by atoms with E-state index >= 15 is 0 Å². The maximum absolute atomic E-state index is 12.4. The Kier molecular flexibility index (Phi) is 7.17. The number of fused-ring (bicyclic) bond motifs is 1. The van der Waals surface area contributed by atoms with Gasteiger partial charge in [0.25, 0.3) is 0 Å². The zero-order chi connectivity index (χ0) is 21.6. The summed E-state index contributed by atoms with van der Waals surface area (Å²) in [6.07, 6.45) is 4.92. The molecule has 0 radical (unpaired) electrons. The highest BCUT2D eigenvalue weighted by atomic mass is 35.5. The molecule has 31 heavy (non-hydrogen) atoms. The average molecular weight is 446 g/mol. The maximum atomic E-state index is 12.4. The van der Waals surface area contributed by atoms with E-state index in [2.05, 4.69) is 33.6 Å². The SMILES string of the molecule is CCNC(=NCCCn1nc2n(c1=O)CCCC2)NC1CCN(c2cccc(Cl)c2)C1. The molecule has 0 amide bonds. The molecule has 1 unspecified atom stereocenters. The van der Waals surface area contributed by atoms with Gasteiger partial charge in [-0.05, 0) is 50.8 Å². The van der Waals surface area contributed by atoms with Gasteiger partial charge >= 0.3 is 5.69 Å². The number of guanidine groups is 1. The summed E-state index contributed by atoms with van der Waals surface area (Å²) in [6, 6.07) is 8.34. The van der Waals surface area contributed by atoms with Crippen LogP contribution in [0.1, 0.15) is 38.4 Å². The van der Waals surface area contributed by atoms with Gasteiger partial charge in [0.1, 0.15) is 5.82 Å². The van der Waals surface area contributed by atoms with Crippen LogP contribution in [0.3, 0.4) is 0 Å².